The molecule has 0 saturated heterocycles. The summed E-state index contributed by atoms with van der Waals surface area (Å²) in [4.78, 5) is 35.0. The van der Waals surface area contributed by atoms with Gasteiger partial charge in [0.25, 0.3) is 0 Å². The van der Waals surface area contributed by atoms with Gasteiger partial charge in [-0.1, -0.05) is 60.7 Å². The maximum atomic E-state index is 12.8. The van der Waals surface area contributed by atoms with E-state index < -0.39 is 17.5 Å². The zero-order valence-electron chi connectivity index (χ0n) is 18.5. The van der Waals surface area contributed by atoms with Crippen LogP contribution in [0.5, 0.6) is 0 Å². The first-order valence-electron chi connectivity index (χ1n) is 10.7. The molecule has 0 amide bonds. The van der Waals surface area contributed by atoms with Crippen LogP contribution in [-0.2, 0) is 34.2 Å². The van der Waals surface area contributed by atoms with Gasteiger partial charge < -0.3 is 14.2 Å². The summed E-state index contributed by atoms with van der Waals surface area (Å²) in [6.07, 6.45) is 1.26. The Morgan fingerprint density at radius 2 is 1.41 bits per heavy atom. The number of rotatable bonds is 10. The van der Waals surface area contributed by atoms with Crippen molar-refractivity contribution in [3.8, 4) is 0 Å². The van der Waals surface area contributed by atoms with Crippen molar-refractivity contribution in [3.05, 3.63) is 83.1 Å². The Balaban J connectivity index is 1.58. The quantitative estimate of drug-likeness (QED) is 0.311. The number of Topliss-reactive ketones (excluding diaryl/α,β-unsaturated/α-hetero) is 1. The summed E-state index contributed by atoms with van der Waals surface area (Å²) in [6.45, 7) is 3.54. The molecular weight excluding hydrogens is 408 g/mol. The Labute approximate surface area is 188 Å². The third-order valence-electron chi connectivity index (χ3n) is 5.33. The third-order valence-corrected chi connectivity index (χ3v) is 5.33. The van der Waals surface area contributed by atoms with E-state index in [0.717, 1.165) is 11.1 Å². The third kappa shape index (κ3) is 5.63. The van der Waals surface area contributed by atoms with Crippen LogP contribution in [0.15, 0.2) is 72.0 Å². The summed E-state index contributed by atoms with van der Waals surface area (Å²) in [7, 11) is 0. The van der Waals surface area contributed by atoms with Crippen LogP contribution in [0.3, 0.4) is 0 Å². The zero-order valence-corrected chi connectivity index (χ0v) is 18.5. The summed E-state index contributed by atoms with van der Waals surface area (Å²) in [6, 6.07) is 19.7. The zero-order chi connectivity index (χ0) is 23.0. The van der Waals surface area contributed by atoms with Crippen LogP contribution >= 0.6 is 0 Å². The highest BCUT2D eigenvalue weighted by Crippen LogP contribution is 2.46. The van der Waals surface area contributed by atoms with Gasteiger partial charge in [0, 0.05) is 17.5 Å². The lowest BCUT2D eigenvalue weighted by atomic mass is 9.82. The molecule has 32 heavy (non-hydrogen) atoms. The maximum Gasteiger partial charge on any atom is 0.337 e. The van der Waals surface area contributed by atoms with Crippen LogP contribution in [0, 0.1) is 0 Å². The van der Waals surface area contributed by atoms with Crippen LogP contribution in [0.25, 0.3) is 0 Å². The molecule has 0 bridgehead atoms. The monoisotopic (exact) mass is 436 g/mol. The predicted octanol–water partition coefficient (Wildman–Crippen LogP) is 4.47. The van der Waals surface area contributed by atoms with E-state index in [1.54, 1.807) is 6.92 Å². The predicted molar refractivity (Wildman–Crippen MR) is 119 cm³/mol. The molecule has 2 aromatic carbocycles. The number of esters is 2. The molecule has 0 N–H and O–H groups in total. The summed E-state index contributed by atoms with van der Waals surface area (Å²) in [5, 5.41) is 0. The van der Waals surface area contributed by atoms with Gasteiger partial charge in [-0.05, 0) is 26.7 Å². The van der Waals surface area contributed by atoms with Gasteiger partial charge in [-0.3, -0.25) is 9.59 Å². The molecule has 6 nitrogen and oxygen atoms in total. The van der Waals surface area contributed by atoms with Crippen LogP contribution < -0.4 is 0 Å². The smallest absolute Gasteiger partial charge is 0.337 e. The van der Waals surface area contributed by atoms with E-state index in [9.17, 15) is 14.4 Å². The van der Waals surface area contributed by atoms with Gasteiger partial charge in [-0.15, -0.1) is 0 Å². The minimum atomic E-state index is -0.772. The van der Waals surface area contributed by atoms with E-state index in [0.29, 0.717) is 30.6 Å². The van der Waals surface area contributed by atoms with Crippen molar-refractivity contribution in [2.75, 3.05) is 13.2 Å². The molecule has 1 aliphatic heterocycles. The van der Waals surface area contributed by atoms with Crippen molar-refractivity contribution in [1.29, 1.82) is 0 Å². The minimum Gasteiger partial charge on any atom is -0.482 e. The molecule has 0 unspecified atom stereocenters. The van der Waals surface area contributed by atoms with Gasteiger partial charge >= 0.3 is 11.9 Å². The molecule has 0 aromatic heterocycles. The molecule has 0 fully saturated rings. The van der Waals surface area contributed by atoms with Gasteiger partial charge in [0.15, 0.2) is 5.60 Å². The number of hydrogen-bond donors (Lipinski definition) is 0. The van der Waals surface area contributed by atoms with E-state index in [1.807, 2.05) is 60.7 Å². The maximum absolute atomic E-state index is 12.8. The number of unbranched alkanes of at least 4 members (excludes halogenated alkanes) is 1. The number of ketones is 1. The van der Waals surface area contributed by atoms with Crippen molar-refractivity contribution in [2.45, 2.75) is 45.1 Å². The molecule has 2 aromatic rings. The van der Waals surface area contributed by atoms with Crippen molar-refractivity contribution >= 4 is 17.7 Å². The number of carbonyl (C=O) groups excluding carboxylic acids is 3. The molecular formula is C26H28O6. The van der Waals surface area contributed by atoms with Gasteiger partial charge in [0.1, 0.15) is 18.0 Å². The van der Waals surface area contributed by atoms with Crippen molar-refractivity contribution < 1.29 is 28.6 Å². The molecule has 168 valence electrons. The number of allylic oxidation sites excluding steroid dienone is 1. The van der Waals surface area contributed by atoms with Crippen LogP contribution in [0.1, 0.15) is 50.7 Å². The van der Waals surface area contributed by atoms with Crippen LogP contribution in [0.2, 0.25) is 0 Å². The lowest BCUT2D eigenvalue weighted by Gasteiger charge is -2.31. The summed E-state index contributed by atoms with van der Waals surface area (Å²) >= 11 is 0. The fraction of sp³-hybridized carbons (Fsp3) is 0.346. The number of carbonyl (C=O) groups is 3. The number of hydrogen-bond acceptors (Lipinski definition) is 6. The average Bonchev–Trinajstić information content (AvgIpc) is 3.15. The first-order valence-corrected chi connectivity index (χ1v) is 10.7. The largest absolute Gasteiger partial charge is 0.482 e. The Hall–Kier alpha value is -3.41. The fourth-order valence-corrected chi connectivity index (χ4v) is 3.75. The molecule has 0 saturated carbocycles. The Morgan fingerprint density at radius 3 is 1.94 bits per heavy atom. The summed E-state index contributed by atoms with van der Waals surface area (Å²) < 4.78 is 16.8. The van der Waals surface area contributed by atoms with Gasteiger partial charge in [-0.25, -0.2) is 4.79 Å². The fourth-order valence-electron chi connectivity index (χ4n) is 3.75. The highest BCUT2D eigenvalue weighted by atomic mass is 16.5. The molecule has 6 heteroatoms. The molecule has 0 atom stereocenters. The topological polar surface area (TPSA) is 78.9 Å². The lowest BCUT2D eigenvalue weighted by molar-refractivity contribution is -0.146. The molecule has 3 rings (SSSR count). The van der Waals surface area contributed by atoms with Crippen LogP contribution in [0.4, 0.5) is 0 Å². The summed E-state index contributed by atoms with van der Waals surface area (Å²) in [5.41, 5.74) is 1.69. The van der Waals surface area contributed by atoms with Gasteiger partial charge in [-0.2, -0.15) is 0 Å². The minimum absolute atomic E-state index is 0.194. The first-order chi connectivity index (χ1) is 15.4. The Morgan fingerprint density at radius 1 is 0.875 bits per heavy atom. The van der Waals surface area contributed by atoms with E-state index in [1.165, 1.54) is 6.92 Å². The molecule has 0 aliphatic carbocycles. The van der Waals surface area contributed by atoms with Crippen molar-refractivity contribution in [3.63, 3.8) is 0 Å². The Bertz CT molecular complexity index is 938. The van der Waals surface area contributed by atoms with E-state index in [2.05, 4.69) is 0 Å². The van der Waals surface area contributed by atoms with Gasteiger partial charge in [0.05, 0.1) is 18.8 Å². The van der Waals surface area contributed by atoms with Crippen LogP contribution in [-0.4, -0.2) is 30.9 Å². The lowest BCUT2D eigenvalue weighted by Crippen LogP contribution is -2.28. The average molecular weight is 437 g/mol. The van der Waals surface area contributed by atoms with Crippen molar-refractivity contribution in [1.82, 2.24) is 0 Å². The highest BCUT2D eigenvalue weighted by Gasteiger charge is 2.45. The summed E-state index contributed by atoms with van der Waals surface area (Å²) in [5.74, 6) is -0.601. The van der Waals surface area contributed by atoms with E-state index in [-0.39, 0.29) is 25.4 Å². The molecule has 0 radical (unpaired) electrons. The molecule has 0 spiro atoms. The SMILES string of the molecule is CC(=O)CC(=O)OCCCCOC(=O)C1=C(C)OC(c2ccccc2)(c2ccccc2)C1. The first kappa shape index (κ1) is 23.3. The van der Waals surface area contributed by atoms with E-state index in [4.69, 9.17) is 14.2 Å². The second-order valence-electron chi connectivity index (χ2n) is 7.81. The number of ether oxygens (including phenoxy) is 3. The Kier molecular flexibility index (Phi) is 7.82. The van der Waals surface area contributed by atoms with Gasteiger partial charge in [0.2, 0.25) is 0 Å². The standard InChI is InChI=1S/C26H28O6/c1-19(27)17-24(28)30-15-9-10-16-31-25(29)23-18-26(32-20(23)2,21-11-5-3-6-12-21)22-13-7-4-8-14-22/h3-8,11-14H,9-10,15-18H2,1-2H3. The molecule has 1 heterocycles. The van der Waals surface area contributed by atoms with E-state index >= 15 is 0 Å². The second-order valence-corrected chi connectivity index (χ2v) is 7.81. The van der Waals surface area contributed by atoms with Crippen molar-refractivity contribution in [2.24, 2.45) is 0 Å². The number of benzene rings is 2. The highest BCUT2D eigenvalue weighted by molar-refractivity contribution is 5.94. The normalized spacial score (nSPS) is 14.6. The second kappa shape index (κ2) is 10.8. The molecule has 1 aliphatic rings.